The monoisotopic (exact) mass is 683 g/mol. The first kappa shape index (κ1) is 36.6. The van der Waals surface area contributed by atoms with E-state index in [0.717, 1.165) is 55.2 Å². The van der Waals surface area contributed by atoms with Crippen molar-refractivity contribution < 1.29 is 18.0 Å². The summed E-state index contributed by atoms with van der Waals surface area (Å²) in [5.74, 6) is -0.480. The Morgan fingerprint density at radius 2 is 1.49 bits per heavy atom. The number of rotatable bonds is 13. The summed E-state index contributed by atoms with van der Waals surface area (Å²) in [4.78, 5) is 28.2. The van der Waals surface area contributed by atoms with E-state index in [1.807, 2.05) is 42.5 Å². The SMILES string of the molecule is Cl.N=C(N)c1ccc(CNC(=O)C2(NC(=O)C(NS(=O)(=O)CC=CCC3CCCCC3)C3CCCCC3)Cc3ccccc3C2)cc1. The second-order valence-electron chi connectivity index (χ2n) is 13.5. The van der Waals surface area contributed by atoms with E-state index in [1.165, 1.54) is 32.1 Å². The molecule has 0 spiro atoms. The number of fused-ring (bicyclic) bond motifs is 1. The number of halogens is 1. The molecule has 2 fully saturated rings. The lowest BCUT2D eigenvalue weighted by Gasteiger charge is -2.34. The maximum Gasteiger partial charge on any atom is 0.246 e. The minimum Gasteiger partial charge on any atom is -0.384 e. The molecule has 0 aromatic heterocycles. The van der Waals surface area contributed by atoms with Crippen LogP contribution in [0.2, 0.25) is 0 Å². The zero-order valence-electron chi connectivity index (χ0n) is 27.1. The van der Waals surface area contributed by atoms with Crippen molar-refractivity contribution in [3.63, 3.8) is 0 Å². The van der Waals surface area contributed by atoms with Crippen LogP contribution in [0.5, 0.6) is 0 Å². The number of carbonyl (C=O) groups is 2. The molecule has 0 saturated heterocycles. The normalized spacial score (nSPS) is 19.0. The quantitative estimate of drug-likeness (QED) is 0.114. The highest BCUT2D eigenvalue weighted by Crippen LogP contribution is 2.33. The molecule has 3 aliphatic rings. The highest BCUT2D eigenvalue weighted by atomic mass is 35.5. The van der Waals surface area contributed by atoms with E-state index in [4.69, 9.17) is 11.1 Å². The molecule has 0 heterocycles. The second kappa shape index (κ2) is 16.8. The van der Waals surface area contributed by atoms with Gasteiger partial charge in [0.25, 0.3) is 0 Å². The third kappa shape index (κ3) is 9.90. The predicted molar refractivity (Wildman–Crippen MR) is 189 cm³/mol. The van der Waals surface area contributed by atoms with Crippen LogP contribution in [0.1, 0.15) is 92.9 Å². The molecule has 2 aromatic rings. The van der Waals surface area contributed by atoms with Gasteiger partial charge in [0.2, 0.25) is 21.8 Å². The van der Waals surface area contributed by atoms with Crippen molar-refractivity contribution in [2.75, 3.05) is 5.75 Å². The lowest BCUT2D eigenvalue weighted by atomic mass is 9.83. The Bertz CT molecular complexity index is 1490. The number of hydrogen-bond acceptors (Lipinski definition) is 5. The highest BCUT2D eigenvalue weighted by molar-refractivity contribution is 7.89. The van der Waals surface area contributed by atoms with E-state index in [1.54, 1.807) is 18.2 Å². The molecule has 11 heteroatoms. The first-order valence-electron chi connectivity index (χ1n) is 16.9. The van der Waals surface area contributed by atoms with Gasteiger partial charge in [-0.3, -0.25) is 15.0 Å². The third-order valence-corrected chi connectivity index (χ3v) is 11.2. The van der Waals surface area contributed by atoms with Gasteiger partial charge in [0.1, 0.15) is 17.4 Å². The van der Waals surface area contributed by atoms with Crippen LogP contribution in [0.3, 0.4) is 0 Å². The summed E-state index contributed by atoms with van der Waals surface area (Å²) >= 11 is 0. The van der Waals surface area contributed by atoms with Crippen LogP contribution in [0.25, 0.3) is 0 Å². The van der Waals surface area contributed by atoms with Crippen LogP contribution >= 0.6 is 12.4 Å². The Labute approximate surface area is 285 Å². The molecular formula is C36H50ClN5O4S. The van der Waals surface area contributed by atoms with Crippen molar-refractivity contribution >= 4 is 40.1 Å². The van der Waals surface area contributed by atoms with Crippen molar-refractivity contribution in [2.24, 2.45) is 17.6 Å². The number of allylic oxidation sites excluding steroid dienone is 1. The van der Waals surface area contributed by atoms with Gasteiger partial charge >= 0.3 is 0 Å². The molecular weight excluding hydrogens is 634 g/mol. The van der Waals surface area contributed by atoms with Crippen molar-refractivity contribution in [3.05, 3.63) is 82.9 Å². The van der Waals surface area contributed by atoms with Crippen LogP contribution in [0.4, 0.5) is 0 Å². The Hall–Kier alpha value is -3.21. The lowest BCUT2D eigenvalue weighted by Crippen LogP contribution is -2.64. The average molecular weight is 684 g/mol. The van der Waals surface area contributed by atoms with E-state index < -0.39 is 27.5 Å². The van der Waals surface area contributed by atoms with E-state index >= 15 is 0 Å². The summed E-state index contributed by atoms with van der Waals surface area (Å²) in [6.07, 6.45) is 15.9. The standard InChI is InChI=1S/C36H49N5O4S.ClH/c37-33(38)29-20-18-27(19-21-29)25-39-35(43)36(23-30-16-7-8-17-31(30)24-36)40-34(42)32(28-14-5-2-6-15-28)41-46(44,45)22-10-9-13-26-11-3-1-4-12-26;/h7-10,16-21,26,28,32,41H,1-6,11-15,22-25H2,(H3,37,38)(H,39,43)(H,40,42);1H. The first-order valence-corrected chi connectivity index (χ1v) is 18.5. The van der Waals surface area contributed by atoms with Gasteiger partial charge < -0.3 is 16.4 Å². The van der Waals surface area contributed by atoms with Gasteiger partial charge in [0.05, 0.1) is 5.75 Å². The molecule has 3 aliphatic carbocycles. The van der Waals surface area contributed by atoms with E-state index in [2.05, 4.69) is 15.4 Å². The molecule has 1 unspecified atom stereocenters. The number of amides is 2. The molecule has 5 rings (SSSR count). The van der Waals surface area contributed by atoms with Crippen molar-refractivity contribution in [2.45, 2.75) is 102 Å². The topological polar surface area (TPSA) is 154 Å². The number of benzene rings is 2. The molecule has 0 radical (unpaired) electrons. The van der Waals surface area contributed by atoms with Crippen LogP contribution in [-0.2, 0) is 39.0 Å². The smallest absolute Gasteiger partial charge is 0.246 e. The molecule has 0 aliphatic heterocycles. The maximum absolute atomic E-state index is 14.2. The molecule has 2 aromatic carbocycles. The van der Waals surface area contributed by atoms with E-state index in [-0.39, 0.29) is 42.4 Å². The third-order valence-electron chi connectivity index (χ3n) is 10.0. The highest BCUT2D eigenvalue weighted by Gasteiger charge is 2.47. The molecule has 256 valence electrons. The lowest BCUT2D eigenvalue weighted by molar-refractivity contribution is -0.135. The summed E-state index contributed by atoms with van der Waals surface area (Å²) in [6.45, 7) is 0.233. The zero-order chi connectivity index (χ0) is 32.6. The number of hydrogen-bond donors (Lipinski definition) is 5. The van der Waals surface area contributed by atoms with Crippen LogP contribution < -0.4 is 21.1 Å². The summed E-state index contributed by atoms with van der Waals surface area (Å²) in [5.41, 5.74) is 7.73. The predicted octanol–water partition coefficient (Wildman–Crippen LogP) is 5.06. The second-order valence-corrected chi connectivity index (χ2v) is 15.3. The van der Waals surface area contributed by atoms with Crippen molar-refractivity contribution in [1.82, 2.24) is 15.4 Å². The van der Waals surface area contributed by atoms with Crippen LogP contribution in [0, 0.1) is 17.2 Å². The van der Waals surface area contributed by atoms with Gasteiger partial charge in [-0.05, 0) is 47.8 Å². The van der Waals surface area contributed by atoms with Crippen LogP contribution in [-0.4, -0.2) is 43.4 Å². The summed E-state index contributed by atoms with van der Waals surface area (Å²) < 4.78 is 29.5. The number of sulfonamides is 1. The molecule has 2 amide bonds. The molecule has 9 nitrogen and oxygen atoms in total. The fourth-order valence-electron chi connectivity index (χ4n) is 7.37. The molecule has 6 N–H and O–H groups in total. The molecule has 2 saturated carbocycles. The zero-order valence-corrected chi connectivity index (χ0v) is 28.8. The molecule has 0 bridgehead atoms. The van der Waals surface area contributed by atoms with Gasteiger partial charge in [0, 0.05) is 24.9 Å². The summed E-state index contributed by atoms with van der Waals surface area (Å²) in [5, 5.41) is 13.7. The average Bonchev–Trinajstić information content (AvgIpc) is 3.45. The number of carbonyl (C=O) groups excluding carboxylic acids is 2. The van der Waals surface area contributed by atoms with Gasteiger partial charge in [-0.1, -0.05) is 112 Å². The van der Waals surface area contributed by atoms with Gasteiger partial charge in [-0.15, -0.1) is 12.4 Å². The maximum atomic E-state index is 14.2. The number of nitrogens with one attached hydrogen (secondary N) is 4. The molecule has 47 heavy (non-hydrogen) atoms. The number of nitrogens with two attached hydrogens (primary N) is 1. The van der Waals surface area contributed by atoms with E-state index in [9.17, 15) is 18.0 Å². The minimum atomic E-state index is -3.78. The van der Waals surface area contributed by atoms with E-state index in [0.29, 0.717) is 24.3 Å². The van der Waals surface area contributed by atoms with Crippen LogP contribution in [0.15, 0.2) is 60.7 Å². The molecule has 1 atom stereocenters. The van der Waals surface area contributed by atoms with Crippen molar-refractivity contribution in [1.29, 1.82) is 5.41 Å². The largest absolute Gasteiger partial charge is 0.384 e. The number of nitrogen functional groups attached to an aromatic ring is 1. The minimum absolute atomic E-state index is 0. The van der Waals surface area contributed by atoms with Gasteiger partial charge in [-0.2, -0.15) is 0 Å². The fraction of sp³-hybridized carbons (Fsp3) is 0.528. The van der Waals surface area contributed by atoms with Crippen molar-refractivity contribution in [3.8, 4) is 0 Å². The summed E-state index contributed by atoms with van der Waals surface area (Å²) in [7, 11) is -3.78. The Balaban J connectivity index is 0.00000500. The van der Waals surface area contributed by atoms with Gasteiger partial charge in [0.15, 0.2) is 0 Å². The Kier molecular flexibility index (Phi) is 13.1. The fourth-order valence-corrected chi connectivity index (χ4v) is 8.54. The van der Waals surface area contributed by atoms with Gasteiger partial charge in [-0.25, -0.2) is 13.1 Å². The first-order chi connectivity index (χ1) is 22.1. The Morgan fingerprint density at radius 3 is 2.09 bits per heavy atom. The Morgan fingerprint density at radius 1 is 0.894 bits per heavy atom. The number of amidine groups is 1. The summed E-state index contributed by atoms with van der Waals surface area (Å²) in [6, 6.07) is 13.9.